The van der Waals surface area contributed by atoms with Gasteiger partial charge < -0.3 is 4.57 Å². The summed E-state index contributed by atoms with van der Waals surface area (Å²) in [6, 6.07) is 10.6. The number of hydrazine groups is 1. The Morgan fingerprint density at radius 3 is 2.96 bits per heavy atom. The highest BCUT2D eigenvalue weighted by atomic mass is 16.5. The first kappa shape index (κ1) is 16.2. The fourth-order valence-electron chi connectivity index (χ4n) is 2.98. The van der Waals surface area contributed by atoms with Crippen molar-refractivity contribution in [1.82, 2.24) is 20.2 Å². The Labute approximate surface area is 140 Å². The first-order valence-corrected chi connectivity index (χ1v) is 7.87. The van der Waals surface area contributed by atoms with Crippen LogP contribution in [0, 0.1) is 0 Å². The summed E-state index contributed by atoms with van der Waals surface area (Å²) in [6.45, 7) is 4.38. The lowest BCUT2D eigenvalue weighted by atomic mass is 10.2. The molecule has 2 aromatic rings. The fourth-order valence-corrected chi connectivity index (χ4v) is 2.98. The molecule has 0 radical (unpaired) electrons. The predicted molar refractivity (Wildman–Crippen MR) is 92.3 cm³/mol. The number of benzene rings is 1. The number of hydrazone groups is 1. The number of rotatable bonds is 5. The SMILES string of the molecule is CCn1c(CN2CC(/C=C/C(=O)NO)=NN2C)cc2ccccc21. The lowest BCUT2D eigenvalue weighted by Gasteiger charge is -2.23. The van der Waals surface area contributed by atoms with Gasteiger partial charge in [0.05, 0.1) is 18.8 Å². The number of hydroxylamine groups is 1. The van der Waals surface area contributed by atoms with Crippen LogP contribution in [0.15, 0.2) is 47.6 Å². The minimum absolute atomic E-state index is 0.565. The number of hydrogen-bond donors (Lipinski definition) is 2. The zero-order chi connectivity index (χ0) is 17.1. The molecule has 2 N–H and O–H groups in total. The fraction of sp³-hybridized carbons (Fsp3) is 0.294. The van der Waals surface area contributed by atoms with E-state index in [1.807, 2.05) is 13.1 Å². The molecular weight excluding hydrogens is 306 g/mol. The van der Waals surface area contributed by atoms with Crippen molar-refractivity contribution in [3.8, 4) is 0 Å². The van der Waals surface area contributed by atoms with E-state index in [0.717, 1.165) is 18.8 Å². The number of aromatic nitrogens is 1. The van der Waals surface area contributed by atoms with E-state index in [2.05, 4.69) is 45.9 Å². The van der Waals surface area contributed by atoms with Crippen LogP contribution in [-0.2, 0) is 17.9 Å². The maximum Gasteiger partial charge on any atom is 0.267 e. The minimum atomic E-state index is -0.565. The third-order valence-electron chi connectivity index (χ3n) is 4.12. The van der Waals surface area contributed by atoms with Crippen LogP contribution < -0.4 is 5.48 Å². The van der Waals surface area contributed by atoms with E-state index in [1.165, 1.54) is 22.7 Å². The van der Waals surface area contributed by atoms with Gasteiger partial charge in [0, 0.05) is 30.9 Å². The highest BCUT2D eigenvalue weighted by molar-refractivity contribution is 6.02. The van der Waals surface area contributed by atoms with Crippen molar-refractivity contribution in [3.05, 3.63) is 48.2 Å². The summed E-state index contributed by atoms with van der Waals surface area (Å²) >= 11 is 0. The summed E-state index contributed by atoms with van der Waals surface area (Å²) in [5, 5.41) is 18.0. The first-order chi connectivity index (χ1) is 11.6. The average molecular weight is 327 g/mol. The molecule has 0 unspecified atom stereocenters. The molecule has 3 rings (SSSR count). The van der Waals surface area contributed by atoms with Gasteiger partial charge in [0.2, 0.25) is 0 Å². The van der Waals surface area contributed by atoms with E-state index in [0.29, 0.717) is 6.54 Å². The van der Waals surface area contributed by atoms with Crippen LogP contribution >= 0.6 is 0 Å². The van der Waals surface area contributed by atoms with Gasteiger partial charge in [-0.25, -0.2) is 10.6 Å². The summed E-state index contributed by atoms with van der Waals surface area (Å²) in [5.41, 5.74) is 4.79. The highest BCUT2D eigenvalue weighted by Crippen LogP contribution is 2.22. The van der Waals surface area contributed by atoms with E-state index in [1.54, 1.807) is 16.7 Å². The van der Waals surface area contributed by atoms with Gasteiger partial charge in [-0.2, -0.15) is 10.1 Å². The first-order valence-electron chi connectivity index (χ1n) is 7.87. The van der Waals surface area contributed by atoms with Crippen molar-refractivity contribution in [2.45, 2.75) is 20.0 Å². The standard InChI is InChI=1S/C17H21N5O2/c1-3-22-15(10-13-6-4-5-7-16(13)22)12-21-11-14(18-20(21)2)8-9-17(23)19-24/h4-10,24H,3,11-12H2,1-2H3,(H,19,23)/b9-8+. The number of hydrogen-bond acceptors (Lipinski definition) is 5. The molecule has 0 saturated carbocycles. The monoisotopic (exact) mass is 327 g/mol. The Morgan fingerprint density at radius 1 is 1.42 bits per heavy atom. The summed E-state index contributed by atoms with van der Waals surface area (Å²) < 4.78 is 2.30. The molecule has 1 aromatic carbocycles. The summed E-state index contributed by atoms with van der Waals surface area (Å²) in [5.74, 6) is -0.565. The number of amides is 1. The maximum absolute atomic E-state index is 11.1. The van der Waals surface area contributed by atoms with Crippen molar-refractivity contribution in [2.24, 2.45) is 5.10 Å². The molecule has 7 nitrogen and oxygen atoms in total. The molecule has 0 bridgehead atoms. The molecule has 1 amide bonds. The van der Waals surface area contributed by atoms with E-state index < -0.39 is 5.91 Å². The van der Waals surface area contributed by atoms with E-state index in [-0.39, 0.29) is 0 Å². The smallest absolute Gasteiger partial charge is 0.267 e. The van der Waals surface area contributed by atoms with Crippen LogP contribution in [0.4, 0.5) is 0 Å². The summed E-state index contributed by atoms with van der Waals surface area (Å²) in [4.78, 5) is 11.1. The molecule has 0 atom stereocenters. The van der Waals surface area contributed by atoms with Gasteiger partial charge >= 0.3 is 0 Å². The van der Waals surface area contributed by atoms with Crippen LogP contribution in [0.25, 0.3) is 10.9 Å². The molecule has 1 aliphatic heterocycles. The quantitative estimate of drug-likeness (QED) is 0.498. The minimum Gasteiger partial charge on any atom is -0.344 e. The zero-order valence-electron chi connectivity index (χ0n) is 13.8. The second-order valence-corrected chi connectivity index (χ2v) is 5.65. The van der Waals surface area contributed by atoms with Crippen LogP contribution in [0.2, 0.25) is 0 Å². The Kier molecular flexibility index (Phi) is 4.64. The van der Waals surface area contributed by atoms with E-state index >= 15 is 0 Å². The Balaban J connectivity index is 1.76. The predicted octanol–water partition coefficient (Wildman–Crippen LogP) is 1.74. The molecule has 1 aromatic heterocycles. The second-order valence-electron chi connectivity index (χ2n) is 5.65. The average Bonchev–Trinajstić information content (AvgIpc) is 3.12. The van der Waals surface area contributed by atoms with Gasteiger partial charge in [-0.3, -0.25) is 10.0 Å². The number of para-hydroxylation sites is 1. The van der Waals surface area contributed by atoms with Crippen LogP contribution in [0.5, 0.6) is 0 Å². The second kappa shape index (κ2) is 6.86. The zero-order valence-corrected chi connectivity index (χ0v) is 13.8. The van der Waals surface area contributed by atoms with Crippen molar-refractivity contribution in [1.29, 1.82) is 0 Å². The molecule has 2 heterocycles. The van der Waals surface area contributed by atoms with E-state index in [9.17, 15) is 4.79 Å². The molecule has 1 aliphatic rings. The largest absolute Gasteiger partial charge is 0.344 e. The number of aryl methyl sites for hydroxylation is 1. The van der Waals surface area contributed by atoms with Gasteiger partial charge in [-0.1, -0.05) is 18.2 Å². The van der Waals surface area contributed by atoms with Crippen molar-refractivity contribution in [2.75, 3.05) is 13.6 Å². The number of carbonyl (C=O) groups is 1. The molecular formula is C17H21N5O2. The topological polar surface area (TPSA) is 73.1 Å². The molecule has 0 saturated heterocycles. The molecule has 24 heavy (non-hydrogen) atoms. The molecule has 0 fully saturated rings. The molecule has 126 valence electrons. The Morgan fingerprint density at radius 2 is 2.21 bits per heavy atom. The molecule has 0 spiro atoms. The lowest BCUT2D eigenvalue weighted by Crippen LogP contribution is -2.33. The highest BCUT2D eigenvalue weighted by Gasteiger charge is 2.21. The van der Waals surface area contributed by atoms with Crippen molar-refractivity contribution in [3.63, 3.8) is 0 Å². The van der Waals surface area contributed by atoms with Gasteiger partial charge in [-0.15, -0.1) is 0 Å². The van der Waals surface area contributed by atoms with Crippen molar-refractivity contribution < 1.29 is 10.0 Å². The van der Waals surface area contributed by atoms with Gasteiger partial charge in [0.15, 0.2) is 0 Å². The normalized spacial score (nSPS) is 15.5. The summed E-state index contributed by atoms with van der Waals surface area (Å²) in [6.07, 6.45) is 2.87. The third-order valence-corrected chi connectivity index (χ3v) is 4.12. The number of carbonyl (C=O) groups excluding carboxylic acids is 1. The summed E-state index contributed by atoms with van der Waals surface area (Å²) in [7, 11) is 1.88. The molecule has 7 heteroatoms. The Bertz CT molecular complexity index is 808. The van der Waals surface area contributed by atoms with Gasteiger partial charge in [0.25, 0.3) is 5.91 Å². The van der Waals surface area contributed by atoms with Crippen LogP contribution in [0.3, 0.4) is 0 Å². The van der Waals surface area contributed by atoms with Crippen LogP contribution in [-0.4, -0.2) is 45.1 Å². The van der Waals surface area contributed by atoms with Crippen LogP contribution in [0.1, 0.15) is 12.6 Å². The Hall–Kier alpha value is -2.64. The van der Waals surface area contributed by atoms with Gasteiger partial charge in [-0.05, 0) is 30.5 Å². The number of fused-ring (bicyclic) bond motifs is 1. The van der Waals surface area contributed by atoms with E-state index in [4.69, 9.17) is 5.21 Å². The number of nitrogens with one attached hydrogen (secondary N) is 1. The molecule has 0 aliphatic carbocycles. The third kappa shape index (κ3) is 3.17. The lowest BCUT2D eigenvalue weighted by molar-refractivity contribution is -0.124. The van der Waals surface area contributed by atoms with Crippen molar-refractivity contribution >= 4 is 22.5 Å². The number of nitrogens with zero attached hydrogens (tertiary/aromatic N) is 4. The maximum atomic E-state index is 11.1. The van der Waals surface area contributed by atoms with Gasteiger partial charge in [0.1, 0.15) is 0 Å².